The number of hydrogen-bond acceptors (Lipinski definition) is 3. The van der Waals surface area contributed by atoms with Gasteiger partial charge in [0, 0.05) is 21.8 Å². The van der Waals surface area contributed by atoms with Gasteiger partial charge >= 0.3 is 0 Å². The maximum atomic E-state index is 5.69. The SMILES string of the molecule is COc1ccc(Br)c(COc2cccc(N)c2)c1. The van der Waals surface area contributed by atoms with Crippen molar-refractivity contribution in [2.45, 2.75) is 6.61 Å². The van der Waals surface area contributed by atoms with Crippen LogP contribution in [-0.4, -0.2) is 7.11 Å². The zero-order valence-corrected chi connectivity index (χ0v) is 11.6. The fourth-order valence-electron chi connectivity index (χ4n) is 1.55. The molecule has 18 heavy (non-hydrogen) atoms. The number of nitrogen functional groups attached to an aromatic ring is 1. The highest BCUT2D eigenvalue weighted by atomic mass is 79.9. The van der Waals surface area contributed by atoms with E-state index in [1.165, 1.54) is 0 Å². The van der Waals surface area contributed by atoms with Crippen LogP contribution in [-0.2, 0) is 6.61 Å². The van der Waals surface area contributed by atoms with Crippen LogP contribution in [0.25, 0.3) is 0 Å². The summed E-state index contributed by atoms with van der Waals surface area (Å²) in [6, 6.07) is 13.2. The standard InChI is InChI=1S/C14H14BrNO2/c1-17-12-5-6-14(15)10(7-12)9-18-13-4-2-3-11(16)8-13/h2-8H,9,16H2,1H3. The first-order valence-electron chi connectivity index (χ1n) is 5.50. The molecule has 0 atom stereocenters. The molecule has 0 aliphatic heterocycles. The van der Waals surface area contributed by atoms with Crippen molar-refractivity contribution in [1.82, 2.24) is 0 Å². The number of halogens is 1. The predicted octanol–water partition coefficient (Wildman–Crippen LogP) is 3.62. The third kappa shape index (κ3) is 3.17. The van der Waals surface area contributed by atoms with Gasteiger partial charge in [-0.25, -0.2) is 0 Å². The van der Waals surface area contributed by atoms with E-state index in [2.05, 4.69) is 15.9 Å². The first-order valence-corrected chi connectivity index (χ1v) is 6.29. The van der Waals surface area contributed by atoms with E-state index in [1.807, 2.05) is 36.4 Å². The summed E-state index contributed by atoms with van der Waals surface area (Å²) < 4.78 is 11.9. The molecule has 0 aromatic heterocycles. The van der Waals surface area contributed by atoms with Crippen LogP contribution in [0.5, 0.6) is 11.5 Å². The smallest absolute Gasteiger partial charge is 0.121 e. The summed E-state index contributed by atoms with van der Waals surface area (Å²) in [5.74, 6) is 1.56. The third-order valence-electron chi connectivity index (χ3n) is 2.51. The largest absolute Gasteiger partial charge is 0.497 e. The Morgan fingerprint density at radius 3 is 2.67 bits per heavy atom. The number of ether oxygens (including phenoxy) is 2. The van der Waals surface area contributed by atoms with E-state index in [0.717, 1.165) is 21.5 Å². The molecule has 0 saturated carbocycles. The summed E-state index contributed by atoms with van der Waals surface area (Å²) in [6.45, 7) is 0.460. The first kappa shape index (κ1) is 12.8. The molecule has 0 unspecified atom stereocenters. The Kier molecular flexibility index (Phi) is 4.10. The van der Waals surface area contributed by atoms with E-state index in [4.69, 9.17) is 15.2 Å². The summed E-state index contributed by atoms with van der Waals surface area (Å²) in [7, 11) is 1.64. The van der Waals surface area contributed by atoms with Gasteiger partial charge < -0.3 is 15.2 Å². The highest BCUT2D eigenvalue weighted by Gasteiger charge is 2.03. The van der Waals surface area contributed by atoms with E-state index in [1.54, 1.807) is 13.2 Å². The third-order valence-corrected chi connectivity index (χ3v) is 3.28. The molecule has 0 radical (unpaired) electrons. The Morgan fingerprint density at radius 1 is 1.11 bits per heavy atom. The van der Waals surface area contributed by atoms with Gasteiger partial charge in [0.05, 0.1) is 7.11 Å². The Hall–Kier alpha value is -1.68. The van der Waals surface area contributed by atoms with Crippen molar-refractivity contribution in [3.8, 4) is 11.5 Å². The molecule has 2 N–H and O–H groups in total. The van der Waals surface area contributed by atoms with Crippen molar-refractivity contribution < 1.29 is 9.47 Å². The molecule has 2 rings (SSSR count). The van der Waals surface area contributed by atoms with Crippen LogP contribution in [0.4, 0.5) is 5.69 Å². The molecule has 2 aromatic carbocycles. The van der Waals surface area contributed by atoms with E-state index in [-0.39, 0.29) is 0 Å². The second kappa shape index (κ2) is 5.78. The summed E-state index contributed by atoms with van der Waals surface area (Å²) in [5, 5.41) is 0. The molecule has 0 heterocycles. The minimum absolute atomic E-state index is 0.460. The molecular formula is C14H14BrNO2. The van der Waals surface area contributed by atoms with Gasteiger partial charge in [-0.2, -0.15) is 0 Å². The minimum atomic E-state index is 0.460. The fraction of sp³-hybridized carbons (Fsp3) is 0.143. The molecule has 2 aromatic rings. The Labute approximate surface area is 115 Å². The number of benzene rings is 2. The summed E-state index contributed by atoms with van der Waals surface area (Å²) >= 11 is 3.49. The molecule has 0 fully saturated rings. The summed E-state index contributed by atoms with van der Waals surface area (Å²) in [4.78, 5) is 0. The lowest BCUT2D eigenvalue weighted by molar-refractivity contribution is 0.304. The molecule has 0 bridgehead atoms. The minimum Gasteiger partial charge on any atom is -0.497 e. The van der Waals surface area contributed by atoms with E-state index >= 15 is 0 Å². The lowest BCUT2D eigenvalue weighted by Crippen LogP contribution is -1.98. The van der Waals surface area contributed by atoms with Crippen LogP contribution in [0.3, 0.4) is 0 Å². The van der Waals surface area contributed by atoms with E-state index in [0.29, 0.717) is 12.3 Å². The quantitative estimate of drug-likeness (QED) is 0.877. The number of rotatable bonds is 4. The van der Waals surface area contributed by atoms with Gasteiger partial charge in [-0.1, -0.05) is 22.0 Å². The number of hydrogen-bond donors (Lipinski definition) is 1. The van der Waals surface area contributed by atoms with Crippen LogP contribution >= 0.6 is 15.9 Å². The van der Waals surface area contributed by atoms with Gasteiger partial charge in [0.2, 0.25) is 0 Å². The normalized spacial score (nSPS) is 10.1. The topological polar surface area (TPSA) is 44.5 Å². The lowest BCUT2D eigenvalue weighted by atomic mass is 10.2. The van der Waals surface area contributed by atoms with Crippen molar-refractivity contribution in [3.05, 3.63) is 52.5 Å². The molecule has 0 spiro atoms. The van der Waals surface area contributed by atoms with Gasteiger partial charge in [0.15, 0.2) is 0 Å². The van der Waals surface area contributed by atoms with Crippen LogP contribution in [0, 0.1) is 0 Å². The fourth-order valence-corrected chi connectivity index (χ4v) is 1.92. The van der Waals surface area contributed by atoms with Crippen LogP contribution in [0.1, 0.15) is 5.56 Å². The highest BCUT2D eigenvalue weighted by molar-refractivity contribution is 9.10. The maximum Gasteiger partial charge on any atom is 0.121 e. The molecule has 0 aliphatic rings. The Bertz CT molecular complexity index is 543. The van der Waals surface area contributed by atoms with Gasteiger partial charge in [0.1, 0.15) is 18.1 Å². The van der Waals surface area contributed by atoms with Crippen LogP contribution in [0.15, 0.2) is 46.9 Å². The number of methoxy groups -OCH3 is 1. The van der Waals surface area contributed by atoms with Crippen molar-refractivity contribution in [3.63, 3.8) is 0 Å². The zero-order valence-electron chi connectivity index (χ0n) is 10.0. The van der Waals surface area contributed by atoms with Crippen molar-refractivity contribution in [2.75, 3.05) is 12.8 Å². The first-order chi connectivity index (χ1) is 8.69. The second-order valence-electron chi connectivity index (χ2n) is 3.82. The molecule has 3 nitrogen and oxygen atoms in total. The molecule has 94 valence electrons. The summed E-state index contributed by atoms with van der Waals surface area (Å²) in [6.07, 6.45) is 0. The van der Waals surface area contributed by atoms with Crippen molar-refractivity contribution in [2.24, 2.45) is 0 Å². The summed E-state index contributed by atoms with van der Waals surface area (Å²) in [5.41, 5.74) is 7.41. The van der Waals surface area contributed by atoms with Crippen LogP contribution in [0.2, 0.25) is 0 Å². The van der Waals surface area contributed by atoms with Crippen LogP contribution < -0.4 is 15.2 Å². The highest BCUT2D eigenvalue weighted by Crippen LogP contribution is 2.24. The number of nitrogens with two attached hydrogens (primary N) is 1. The Morgan fingerprint density at radius 2 is 1.94 bits per heavy atom. The number of anilines is 1. The maximum absolute atomic E-state index is 5.69. The molecular weight excluding hydrogens is 294 g/mol. The van der Waals surface area contributed by atoms with Crippen molar-refractivity contribution >= 4 is 21.6 Å². The van der Waals surface area contributed by atoms with Gasteiger partial charge in [-0.05, 0) is 30.3 Å². The van der Waals surface area contributed by atoms with E-state index in [9.17, 15) is 0 Å². The zero-order chi connectivity index (χ0) is 13.0. The average molecular weight is 308 g/mol. The Balaban J connectivity index is 2.10. The predicted molar refractivity (Wildman–Crippen MR) is 75.9 cm³/mol. The monoisotopic (exact) mass is 307 g/mol. The van der Waals surface area contributed by atoms with Gasteiger partial charge in [0.25, 0.3) is 0 Å². The van der Waals surface area contributed by atoms with Gasteiger partial charge in [-0.3, -0.25) is 0 Å². The van der Waals surface area contributed by atoms with Gasteiger partial charge in [-0.15, -0.1) is 0 Å². The van der Waals surface area contributed by atoms with E-state index < -0.39 is 0 Å². The lowest BCUT2D eigenvalue weighted by Gasteiger charge is -2.10. The molecule has 4 heteroatoms. The molecule has 0 saturated heterocycles. The molecule has 0 amide bonds. The molecule has 0 aliphatic carbocycles. The second-order valence-corrected chi connectivity index (χ2v) is 4.67. The average Bonchev–Trinajstić information content (AvgIpc) is 2.38. The van der Waals surface area contributed by atoms with Crippen molar-refractivity contribution in [1.29, 1.82) is 0 Å².